The molecule has 0 aliphatic carbocycles. The average molecular weight is 423 g/mol. The van der Waals surface area contributed by atoms with E-state index in [0.29, 0.717) is 0 Å². The van der Waals surface area contributed by atoms with E-state index >= 15 is 0 Å². The Bertz CT molecular complexity index is 1430. The molecule has 4 heteroatoms. The Kier molecular flexibility index (Phi) is 4.89. The molecule has 0 amide bonds. The van der Waals surface area contributed by atoms with Crippen molar-refractivity contribution in [3.63, 3.8) is 0 Å². The fourth-order valence-electron chi connectivity index (χ4n) is 5.32. The van der Waals surface area contributed by atoms with Crippen LogP contribution in [-0.4, -0.2) is 19.2 Å². The lowest BCUT2D eigenvalue weighted by Crippen LogP contribution is -2.11. The first-order valence-electron chi connectivity index (χ1n) is 11.4. The van der Waals surface area contributed by atoms with Crippen molar-refractivity contribution in [1.82, 2.24) is 19.2 Å². The number of aryl methyl sites for hydroxylation is 5. The minimum Gasteiger partial charge on any atom is -0.325 e. The summed E-state index contributed by atoms with van der Waals surface area (Å²) >= 11 is 0. The maximum Gasteiger partial charge on any atom is 0.165 e. The Labute approximate surface area is 189 Å². The second-order valence-corrected chi connectivity index (χ2v) is 8.96. The molecule has 4 nitrogen and oxygen atoms in total. The van der Waals surface area contributed by atoms with Crippen LogP contribution in [0.25, 0.3) is 27.8 Å². The quantitative estimate of drug-likeness (QED) is 0.316. The summed E-state index contributed by atoms with van der Waals surface area (Å²) in [5.74, 6) is 0. The number of hydrogen-bond donors (Lipinski definition) is 0. The smallest absolute Gasteiger partial charge is 0.165 e. The molecule has 0 bridgehead atoms. The number of aromatic nitrogens is 4. The first-order valence-corrected chi connectivity index (χ1v) is 11.4. The average Bonchev–Trinajstić information content (AvgIpc) is 3.32. The molecule has 5 aromatic rings. The molecule has 3 aromatic heterocycles. The lowest BCUT2D eigenvalue weighted by molar-refractivity contribution is 0.577. The zero-order chi connectivity index (χ0) is 22.6. The Hall–Kier alpha value is -3.40. The summed E-state index contributed by atoms with van der Waals surface area (Å²) in [7, 11) is 0. The van der Waals surface area contributed by atoms with Gasteiger partial charge in [-0.25, -0.2) is 4.98 Å². The SMILES string of the molecule is CCC(c1ccccc1)n1ccc2c(C)nc3c(-c4c(C)cc(C)cc4C)c(C)nn3c21. The van der Waals surface area contributed by atoms with Crippen LogP contribution in [0.15, 0.2) is 54.7 Å². The highest BCUT2D eigenvalue weighted by molar-refractivity contribution is 5.89. The highest BCUT2D eigenvalue weighted by Crippen LogP contribution is 2.36. The van der Waals surface area contributed by atoms with Gasteiger partial charge >= 0.3 is 0 Å². The molecule has 0 saturated heterocycles. The van der Waals surface area contributed by atoms with Gasteiger partial charge in [0.15, 0.2) is 5.65 Å². The Morgan fingerprint density at radius 2 is 1.53 bits per heavy atom. The molecule has 0 fully saturated rings. The van der Waals surface area contributed by atoms with Crippen LogP contribution in [0.2, 0.25) is 0 Å². The van der Waals surface area contributed by atoms with Gasteiger partial charge in [-0.3, -0.25) is 0 Å². The fraction of sp³-hybridized carbons (Fsp3) is 0.286. The van der Waals surface area contributed by atoms with Crippen molar-refractivity contribution in [3.05, 3.63) is 88.4 Å². The van der Waals surface area contributed by atoms with Crippen LogP contribution in [-0.2, 0) is 0 Å². The molecular weight excluding hydrogens is 392 g/mol. The molecule has 0 aliphatic rings. The van der Waals surface area contributed by atoms with Gasteiger partial charge in [-0.05, 0) is 69.4 Å². The van der Waals surface area contributed by atoms with Crippen LogP contribution in [0.4, 0.5) is 0 Å². The standard InChI is InChI=1S/C28H30N4/c1-7-24(22-11-9-8-10-12-22)31-14-13-23-20(5)29-27-26(21(6)30-32(27)28(23)31)25-18(3)15-17(2)16-19(25)4/h8-16,24H,7H2,1-6H3. The summed E-state index contributed by atoms with van der Waals surface area (Å²) in [4.78, 5) is 5.06. The van der Waals surface area contributed by atoms with Crippen molar-refractivity contribution < 1.29 is 0 Å². The van der Waals surface area contributed by atoms with Crippen molar-refractivity contribution in [2.75, 3.05) is 0 Å². The van der Waals surface area contributed by atoms with Crippen LogP contribution in [0.3, 0.4) is 0 Å². The van der Waals surface area contributed by atoms with Crippen LogP contribution < -0.4 is 0 Å². The number of fused-ring (bicyclic) bond motifs is 3. The first-order chi connectivity index (χ1) is 15.4. The predicted molar refractivity (Wildman–Crippen MR) is 132 cm³/mol. The molecule has 0 aliphatic heterocycles. The van der Waals surface area contributed by atoms with Gasteiger partial charge in [0.1, 0.15) is 5.65 Å². The molecule has 162 valence electrons. The van der Waals surface area contributed by atoms with E-state index in [9.17, 15) is 0 Å². The van der Waals surface area contributed by atoms with Gasteiger partial charge in [0, 0.05) is 11.6 Å². The van der Waals surface area contributed by atoms with Crippen molar-refractivity contribution in [2.24, 2.45) is 0 Å². The monoisotopic (exact) mass is 422 g/mol. The van der Waals surface area contributed by atoms with E-state index in [2.05, 4.69) is 105 Å². The minimum absolute atomic E-state index is 0.245. The van der Waals surface area contributed by atoms with Gasteiger partial charge in [-0.1, -0.05) is 55.0 Å². The van der Waals surface area contributed by atoms with Crippen LogP contribution in [0.1, 0.15) is 53.0 Å². The molecule has 0 saturated carbocycles. The summed E-state index contributed by atoms with van der Waals surface area (Å²) in [6.07, 6.45) is 3.19. The van der Waals surface area contributed by atoms with Crippen molar-refractivity contribution in [3.8, 4) is 11.1 Å². The van der Waals surface area contributed by atoms with Crippen molar-refractivity contribution in [2.45, 2.75) is 54.0 Å². The van der Waals surface area contributed by atoms with E-state index in [-0.39, 0.29) is 6.04 Å². The Balaban J connectivity index is 1.84. The summed E-state index contributed by atoms with van der Waals surface area (Å²) in [5.41, 5.74) is 11.6. The van der Waals surface area contributed by atoms with Crippen LogP contribution in [0.5, 0.6) is 0 Å². The Morgan fingerprint density at radius 3 is 2.19 bits per heavy atom. The van der Waals surface area contributed by atoms with E-state index in [1.165, 1.54) is 27.8 Å². The lowest BCUT2D eigenvalue weighted by atomic mass is 9.94. The van der Waals surface area contributed by atoms with Gasteiger partial charge in [0.25, 0.3) is 0 Å². The molecular formula is C28H30N4. The minimum atomic E-state index is 0.245. The molecule has 0 radical (unpaired) electrons. The van der Waals surface area contributed by atoms with E-state index < -0.39 is 0 Å². The fourth-order valence-corrected chi connectivity index (χ4v) is 5.32. The molecule has 1 unspecified atom stereocenters. The molecule has 2 aromatic carbocycles. The van der Waals surface area contributed by atoms with E-state index in [1.807, 2.05) is 0 Å². The third kappa shape index (κ3) is 3.05. The Morgan fingerprint density at radius 1 is 0.844 bits per heavy atom. The zero-order valence-corrected chi connectivity index (χ0v) is 19.8. The first kappa shape index (κ1) is 20.5. The molecule has 32 heavy (non-hydrogen) atoms. The molecule has 5 rings (SSSR count). The third-order valence-electron chi connectivity index (χ3n) is 6.62. The summed E-state index contributed by atoms with van der Waals surface area (Å²) in [5, 5.41) is 6.19. The predicted octanol–water partition coefficient (Wildman–Crippen LogP) is 6.89. The highest BCUT2D eigenvalue weighted by atomic mass is 15.3. The molecule has 1 atom stereocenters. The largest absolute Gasteiger partial charge is 0.325 e. The van der Waals surface area contributed by atoms with Crippen molar-refractivity contribution in [1.29, 1.82) is 0 Å². The van der Waals surface area contributed by atoms with Gasteiger partial charge < -0.3 is 4.57 Å². The van der Waals surface area contributed by atoms with Crippen molar-refractivity contribution >= 4 is 16.7 Å². The van der Waals surface area contributed by atoms with E-state index in [4.69, 9.17) is 10.1 Å². The second kappa shape index (κ2) is 7.63. The topological polar surface area (TPSA) is 35.1 Å². The van der Waals surface area contributed by atoms with Crippen LogP contribution in [0, 0.1) is 34.6 Å². The zero-order valence-electron chi connectivity index (χ0n) is 19.8. The van der Waals surface area contributed by atoms with Gasteiger partial charge in [-0.2, -0.15) is 9.61 Å². The number of benzene rings is 2. The molecule has 0 N–H and O–H groups in total. The van der Waals surface area contributed by atoms with E-state index in [0.717, 1.165) is 40.1 Å². The van der Waals surface area contributed by atoms with Crippen LogP contribution >= 0.6 is 0 Å². The third-order valence-corrected chi connectivity index (χ3v) is 6.62. The summed E-state index contributed by atoms with van der Waals surface area (Å²) in [6, 6.07) is 17.7. The maximum atomic E-state index is 5.06. The maximum absolute atomic E-state index is 5.06. The summed E-state index contributed by atoms with van der Waals surface area (Å²) < 4.78 is 4.44. The molecule has 3 heterocycles. The summed E-state index contributed by atoms with van der Waals surface area (Å²) in [6.45, 7) is 13.0. The van der Waals surface area contributed by atoms with Gasteiger partial charge in [-0.15, -0.1) is 0 Å². The normalized spacial score (nSPS) is 12.7. The van der Waals surface area contributed by atoms with Gasteiger partial charge in [0.2, 0.25) is 0 Å². The highest BCUT2D eigenvalue weighted by Gasteiger charge is 2.23. The van der Waals surface area contributed by atoms with Gasteiger partial charge in [0.05, 0.1) is 23.0 Å². The number of hydrogen-bond acceptors (Lipinski definition) is 2. The number of nitrogens with zero attached hydrogens (tertiary/aromatic N) is 4. The lowest BCUT2D eigenvalue weighted by Gasteiger charge is -2.19. The van der Waals surface area contributed by atoms with E-state index in [1.54, 1.807) is 0 Å². The molecule has 0 spiro atoms. The number of rotatable bonds is 4. The second-order valence-electron chi connectivity index (χ2n) is 8.96.